The molecule has 5 nitrogen and oxygen atoms in total. The predicted molar refractivity (Wildman–Crippen MR) is 44.8 cm³/mol. The normalized spacial score (nSPS) is 9.75. The van der Waals surface area contributed by atoms with Gasteiger partial charge in [0.05, 0.1) is 0 Å². The quantitative estimate of drug-likeness (QED) is 0.246. The van der Waals surface area contributed by atoms with Crippen LogP contribution in [0.1, 0.15) is 13.8 Å². The molecule has 12 heavy (non-hydrogen) atoms. The number of likely N-dealkylation sites (N-methyl/N-ethyl adjacent to an activating group) is 1. The molecule has 0 bridgehead atoms. The maximum atomic E-state index is 11.0. The zero-order chi connectivity index (χ0) is 9.72. The van der Waals surface area contributed by atoms with E-state index in [1.807, 2.05) is 13.8 Å². The average molecular weight is 173 g/mol. The van der Waals surface area contributed by atoms with Crippen molar-refractivity contribution in [3.05, 3.63) is 0 Å². The second-order valence-electron chi connectivity index (χ2n) is 3.05. The van der Waals surface area contributed by atoms with E-state index in [2.05, 4.69) is 0 Å². The smallest absolute Gasteiger partial charge is 0.323 e. The van der Waals surface area contributed by atoms with Crippen LogP contribution in [-0.2, 0) is 9.59 Å². The van der Waals surface area contributed by atoms with Gasteiger partial charge in [0.15, 0.2) is 0 Å². The van der Waals surface area contributed by atoms with Gasteiger partial charge in [0.2, 0.25) is 0 Å². The third kappa shape index (κ3) is 3.34. The Morgan fingerprint density at radius 2 is 2.00 bits per heavy atom. The minimum absolute atomic E-state index is 0.338. The fourth-order valence-electron chi connectivity index (χ4n) is 0.866. The van der Waals surface area contributed by atoms with Crippen molar-refractivity contribution >= 4 is 11.8 Å². The highest BCUT2D eigenvalue weighted by molar-refractivity contribution is 6.34. The van der Waals surface area contributed by atoms with Crippen molar-refractivity contribution in [1.82, 2.24) is 10.3 Å². The molecule has 0 fully saturated rings. The molecule has 2 amide bonds. The second kappa shape index (κ2) is 4.71. The molecule has 5 heteroatoms. The van der Waals surface area contributed by atoms with Crippen LogP contribution in [0, 0.1) is 5.92 Å². The number of rotatable bonds is 2. The van der Waals surface area contributed by atoms with Crippen molar-refractivity contribution in [2.45, 2.75) is 13.8 Å². The highest BCUT2D eigenvalue weighted by Gasteiger charge is 2.17. The van der Waals surface area contributed by atoms with Crippen LogP contribution >= 0.6 is 0 Å². The lowest BCUT2D eigenvalue weighted by atomic mass is 10.2. The van der Waals surface area contributed by atoms with Crippen molar-refractivity contribution in [2.24, 2.45) is 11.8 Å². The number of amides is 2. The molecule has 0 unspecified atom stereocenters. The second-order valence-corrected chi connectivity index (χ2v) is 3.05. The molecule has 0 heterocycles. The molecule has 0 spiro atoms. The monoisotopic (exact) mass is 173 g/mol. The molecular formula is C7H15N3O2. The number of carbonyl (C=O) groups is 2. The summed E-state index contributed by atoms with van der Waals surface area (Å²) in [6.45, 7) is 4.47. The first-order chi connectivity index (χ1) is 5.49. The first-order valence-corrected chi connectivity index (χ1v) is 3.75. The number of nitrogens with one attached hydrogen (secondary N) is 1. The number of hydrogen-bond donors (Lipinski definition) is 2. The fourth-order valence-corrected chi connectivity index (χ4v) is 0.866. The fraction of sp³-hybridized carbons (Fsp3) is 0.714. The minimum Gasteiger partial charge on any atom is -0.337 e. The zero-order valence-electron chi connectivity index (χ0n) is 7.63. The Morgan fingerprint density at radius 3 is 2.33 bits per heavy atom. The summed E-state index contributed by atoms with van der Waals surface area (Å²) in [6, 6.07) is 0. The van der Waals surface area contributed by atoms with Gasteiger partial charge >= 0.3 is 11.8 Å². The highest BCUT2D eigenvalue weighted by Crippen LogP contribution is 1.95. The topological polar surface area (TPSA) is 75.4 Å². The predicted octanol–water partition coefficient (Wildman–Crippen LogP) is -0.909. The Morgan fingerprint density at radius 1 is 1.50 bits per heavy atom. The van der Waals surface area contributed by atoms with Crippen molar-refractivity contribution in [3.8, 4) is 0 Å². The van der Waals surface area contributed by atoms with E-state index in [0.717, 1.165) is 0 Å². The lowest BCUT2D eigenvalue weighted by Crippen LogP contribution is -2.44. The molecule has 0 aliphatic heterocycles. The Kier molecular flexibility index (Phi) is 4.28. The van der Waals surface area contributed by atoms with Gasteiger partial charge in [-0.25, -0.2) is 5.84 Å². The SMILES string of the molecule is CC(C)CN(C)C(=O)C(=O)NN. The first-order valence-electron chi connectivity index (χ1n) is 3.75. The molecule has 0 rings (SSSR count). The maximum absolute atomic E-state index is 11.0. The van der Waals surface area contributed by atoms with Crippen molar-refractivity contribution in [3.63, 3.8) is 0 Å². The van der Waals surface area contributed by atoms with Gasteiger partial charge < -0.3 is 4.90 Å². The number of nitrogens with two attached hydrogens (primary N) is 1. The van der Waals surface area contributed by atoms with Crippen LogP contribution in [0.5, 0.6) is 0 Å². The number of nitrogens with zero attached hydrogens (tertiary/aromatic N) is 1. The number of carbonyl (C=O) groups excluding carboxylic acids is 2. The Hall–Kier alpha value is -1.10. The summed E-state index contributed by atoms with van der Waals surface area (Å²) in [6.07, 6.45) is 0. The summed E-state index contributed by atoms with van der Waals surface area (Å²) in [7, 11) is 1.57. The van der Waals surface area contributed by atoms with Crippen LogP contribution in [-0.4, -0.2) is 30.3 Å². The summed E-state index contributed by atoms with van der Waals surface area (Å²) in [5, 5.41) is 0. The lowest BCUT2D eigenvalue weighted by molar-refractivity contribution is -0.145. The van der Waals surface area contributed by atoms with Crippen LogP contribution in [0.15, 0.2) is 0 Å². The third-order valence-corrected chi connectivity index (χ3v) is 1.31. The summed E-state index contributed by atoms with van der Waals surface area (Å²) < 4.78 is 0. The van der Waals surface area contributed by atoms with Gasteiger partial charge in [0.25, 0.3) is 0 Å². The lowest BCUT2D eigenvalue weighted by Gasteiger charge is -2.17. The maximum Gasteiger partial charge on any atom is 0.323 e. The molecule has 0 aliphatic rings. The van der Waals surface area contributed by atoms with Crippen LogP contribution in [0.2, 0.25) is 0 Å². The van der Waals surface area contributed by atoms with Gasteiger partial charge in [-0.05, 0) is 5.92 Å². The Bertz CT molecular complexity index is 179. The van der Waals surface area contributed by atoms with E-state index in [-0.39, 0.29) is 0 Å². The third-order valence-electron chi connectivity index (χ3n) is 1.31. The standard InChI is InChI=1S/C7H15N3O2/c1-5(2)4-10(3)7(12)6(11)9-8/h5H,4,8H2,1-3H3,(H,9,11). The van der Waals surface area contributed by atoms with E-state index >= 15 is 0 Å². The van der Waals surface area contributed by atoms with E-state index in [4.69, 9.17) is 5.84 Å². The van der Waals surface area contributed by atoms with Crippen LogP contribution in [0.4, 0.5) is 0 Å². The van der Waals surface area contributed by atoms with E-state index in [0.29, 0.717) is 12.5 Å². The van der Waals surface area contributed by atoms with Gasteiger partial charge in [-0.1, -0.05) is 13.8 Å². The van der Waals surface area contributed by atoms with Crippen LogP contribution in [0.25, 0.3) is 0 Å². The van der Waals surface area contributed by atoms with E-state index < -0.39 is 11.8 Å². The van der Waals surface area contributed by atoms with Gasteiger partial charge in [-0.15, -0.1) is 0 Å². The molecule has 0 atom stereocenters. The van der Waals surface area contributed by atoms with Crippen molar-refractivity contribution in [2.75, 3.05) is 13.6 Å². The summed E-state index contributed by atoms with van der Waals surface area (Å²) in [5.74, 6) is 3.75. The number of hydrogen-bond acceptors (Lipinski definition) is 3. The van der Waals surface area contributed by atoms with Gasteiger partial charge in [-0.3, -0.25) is 15.0 Å². The summed E-state index contributed by atoms with van der Waals surface area (Å²) in [5.41, 5.74) is 1.79. The highest BCUT2D eigenvalue weighted by atomic mass is 16.2. The van der Waals surface area contributed by atoms with Crippen LogP contribution < -0.4 is 11.3 Å². The number of hydrazine groups is 1. The molecule has 0 saturated carbocycles. The zero-order valence-corrected chi connectivity index (χ0v) is 7.63. The molecule has 0 aliphatic carbocycles. The van der Waals surface area contributed by atoms with E-state index in [1.165, 1.54) is 4.90 Å². The van der Waals surface area contributed by atoms with E-state index in [1.54, 1.807) is 12.5 Å². The molecular weight excluding hydrogens is 158 g/mol. The molecule has 0 saturated heterocycles. The molecule has 0 radical (unpaired) electrons. The molecule has 0 aromatic carbocycles. The van der Waals surface area contributed by atoms with Gasteiger partial charge in [0.1, 0.15) is 0 Å². The van der Waals surface area contributed by atoms with Crippen molar-refractivity contribution < 1.29 is 9.59 Å². The Labute approximate surface area is 71.9 Å². The molecule has 0 aromatic heterocycles. The average Bonchev–Trinajstić information content (AvgIpc) is 2.00. The minimum atomic E-state index is -0.779. The van der Waals surface area contributed by atoms with Crippen LogP contribution in [0.3, 0.4) is 0 Å². The first kappa shape index (κ1) is 10.9. The summed E-state index contributed by atoms with van der Waals surface area (Å²) >= 11 is 0. The molecule has 0 aromatic rings. The Balaban J connectivity index is 4.01. The van der Waals surface area contributed by atoms with E-state index in [9.17, 15) is 9.59 Å². The van der Waals surface area contributed by atoms with Gasteiger partial charge in [-0.2, -0.15) is 0 Å². The summed E-state index contributed by atoms with van der Waals surface area (Å²) in [4.78, 5) is 23.1. The van der Waals surface area contributed by atoms with Gasteiger partial charge in [0, 0.05) is 13.6 Å². The van der Waals surface area contributed by atoms with Crippen molar-refractivity contribution in [1.29, 1.82) is 0 Å². The largest absolute Gasteiger partial charge is 0.337 e. The molecule has 70 valence electrons. The molecule has 3 N–H and O–H groups in total.